The Bertz CT molecular complexity index is 959. The van der Waals surface area contributed by atoms with Crippen molar-refractivity contribution >= 4 is 29.2 Å². The van der Waals surface area contributed by atoms with Crippen molar-refractivity contribution in [2.24, 2.45) is 5.92 Å². The number of carbonyl (C=O) groups excluding carboxylic acids is 3. The first-order valence-electron chi connectivity index (χ1n) is 10.6. The Labute approximate surface area is 183 Å². The van der Waals surface area contributed by atoms with Gasteiger partial charge in [0, 0.05) is 31.4 Å². The minimum Gasteiger partial charge on any atom is -0.349 e. The van der Waals surface area contributed by atoms with Gasteiger partial charge >= 0.3 is 6.03 Å². The molecule has 1 aliphatic heterocycles. The van der Waals surface area contributed by atoms with Gasteiger partial charge in [-0.1, -0.05) is 24.3 Å². The van der Waals surface area contributed by atoms with Gasteiger partial charge < -0.3 is 20.9 Å². The maximum Gasteiger partial charge on any atom is 0.321 e. The number of piperidine rings is 1. The number of amides is 4. The quantitative estimate of drug-likeness (QED) is 0.678. The van der Waals surface area contributed by atoms with E-state index in [9.17, 15) is 14.4 Å². The average Bonchev–Trinajstić information content (AvgIpc) is 2.73. The minimum absolute atomic E-state index is 0.0644. The van der Waals surface area contributed by atoms with Crippen LogP contribution in [0.2, 0.25) is 0 Å². The number of nitrogens with zero attached hydrogens (tertiary/aromatic N) is 1. The first-order chi connectivity index (χ1) is 14.8. The third-order valence-corrected chi connectivity index (χ3v) is 5.41. The summed E-state index contributed by atoms with van der Waals surface area (Å²) in [7, 11) is 0. The summed E-state index contributed by atoms with van der Waals surface area (Å²) in [6, 6.07) is 14.7. The molecule has 164 valence electrons. The summed E-state index contributed by atoms with van der Waals surface area (Å²) < 4.78 is 0. The van der Waals surface area contributed by atoms with E-state index in [1.54, 1.807) is 4.90 Å². The number of hydrogen-bond acceptors (Lipinski definition) is 3. The molecule has 0 spiro atoms. The maximum absolute atomic E-state index is 12.9. The van der Waals surface area contributed by atoms with Gasteiger partial charge in [0.2, 0.25) is 11.8 Å². The largest absolute Gasteiger partial charge is 0.349 e. The highest BCUT2D eigenvalue weighted by molar-refractivity contribution is 5.90. The molecule has 1 fully saturated rings. The molecular formula is C24H30N4O3. The predicted molar refractivity (Wildman–Crippen MR) is 122 cm³/mol. The average molecular weight is 423 g/mol. The lowest BCUT2D eigenvalue weighted by Crippen LogP contribution is -2.47. The molecule has 0 aliphatic carbocycles. The zero-order valence-corrected chi connectivity index (χ0v) is 18.3. The molecule has 7 nitrogen and oxygen atoms in total. The van der Waals surface area contributed by atoms with Crippen LogP contribution in [0.5, 0.6) is 0 Å². The lowest BCUT2D eigenvalue weighted by molar-refractivity contribution is -0.127. The number of urea groups is 1. The second-order valence-corrected chi connectivity index (χ2v) is 8.12. The van der Waals surface area contributed by atoms with Crippen LogP contribution in [0.1, 0.15) is 43.9 Å². The highest BCUT2D eigenvalue weighted by atomic mass is 16.2. The second kappa shape index (κ2) is 10.1. The molecule has 2 aromatic carbocycles. The monoisotopic (exact) mass is 422 g/mol. The molecule has 2 unspecified atom stereocenters. The van der Waals surface area contributed by atoms with Gasteiger partial charge in [0.15, 0.2) is 0 Å². The van der Waals surface area contributed by atoms with Crippen molar-refractivity contribution < 1.29 is 14.4 Å². The van der Waals surface area contributed by atoms with Gasteiger partial charge in [-0.05, 0) is 62.1 Å². The number of rotatable bonds is 5. The SMILES string of the molecule is CC(=O)Nc1cccc(C(C)NC(=O)C2CCCN(C(=O)Nc3cccc(C)c3)C2)c1. The number of hydrogen-bond donors (Lipinski definition) is 3. The molecule has 1 aliphatic rings. The number of benzene rings is 2. The van der Waals surface area contributed by atoms with Crippen LogP contribution < -0.4 is 16.0 Å². The van der Waals surface area contributed by atoms with Crippen LogP contribution in [0.15, 0.2) is 48.5 Å². The molecule has 31 heavy (non-hydrogen) atoms. The summed E-state index contributed by atoms with van der Waals surface area (Å²) in [6.45, 7) is 6.37. The fourth-order valence-electron chi connectivity index (χ4n) is 3.80. The number of carbonyl (C=O) groups is 3. The van der Waals surface area contributed by atoms with E-state index < -0.39 is 0 Å². The van der Waals surface area contributed by atoms with Gasteiger partial charge in [-0.2, -0.15) is 0 Å². The van der Waals surface area contributed by atoms with Gasteiger partial charge in [-0.3, -0.25) is 9.59 Å². The van der Waals surface area contributed by atoms with Gasteiger partial charge in [0.05, 0.1) is 12.0 Å². The number of aryl methyl sites for hydroxylation is 1. The topological polar surface area (TPSA) is 90.5 Å². The molecule has 4 amide bonds. The molecule has 1 saturated heterocycles. The lowest BCUT2D eigenvalue weighted by atomic mass is 9.96. The van der Waals surface area contributed by atoms with Crippen molar-refractivity contribution in [3.8, 4) is 0 Å². The normalized spacial score (nSPS) is 16.9. The molecule has 7 heteroatoms. The molecule has 0 saturated carbocycles. The van der Waals surface area contributed by atoms with Crippen LogP contribution in [-0.4, -0.2) is 35.8 Å². The van der Waals surface area contributed by atoms with Crippen molar-refractivity contribution in [2.45, 2.75) is 39.7 Å². The predicted octanol–water partition coefficient (Wildman–Crippen LogP) is 4.07. The van der Waals surface area contributed by atoms with Gasteiger partial charge in [0.25, 0.3) is 0 Å². The summed E-state index contributed by atoms with van der Waals surface area (Å²) >= 11 is 0. The molecule has 3 N–H and O–H groups in total. The highest BCUT2D eigenvalue weighted by Gasteiger charge is 2.29. The molecule has 3 rings (SSSR count). The summed E-state index contributed by atoms with van der Waals surface area (Å²) in [6.07, 6.45) is 1.53. The molecule has 0 aromatic heterocycles. The smallest absolute Gasteiger partial charge is 0.321 e. The molecular weight excluding hydrogens is 392 g/mol. The minimum atomic E-state index is -0.252. The van der Waals surface area contributed by atoms with Crippen LogP contribution in [-0.2, 0) is 9.59 Å². The molecule has 0 bridgehead atoms. The second-order valence-electron chi connectivity index (χ2n) is 8.12. The molecule has 2 aromatic rings. The van der Waals surface area contributed by atoms with E-state index in [1.807, 2.05) is 62.4 Å². The van der Waals surface area contributed by atoms with E-state index in [0.29, 0.717) is 18.8 Å². The maximum atomic E-state index is 12.9. The third-order valence-electron chi connectivity index (χ3n) is 5.41. The zero-order valence-electron chi connectivity index (χ0n) is 18.3. The van der Waals surface area contributed by atoms with E-state index in [0.717, 1.165) is 29.7 Å². The van der Waals surface area contributed by atoms with E-state index in [-0.39, 0.29) is 29.8 Å². The highest BCUT2D eigenvalue weighted by Crippen LogP contribution is 2.22. The van der Waals surface area contributed by atoms with Gasteiger partial charge in [-0.15, -0.1) is 0 Å². The van der Waals surface area contributed by atoms with Crippen LogP contribution >= 0.6 is 0 Å². The van der Waals surface area contributed by atoms with Crippen molar-refractivity contribution in [3.05, 3.63) is 59.7 Å². The Morgan fingerprint density at radius 1 is 1.03 bits per heavy atom. The van der Waals surface area contributed by atoms with Crippen LogP contribution in [0, 0.1) is 12.8 Å². The van der Waals surface area contributed by atoms with E-state index >= 15 is 0 Å². The van der Waals surface area contributed by atoms with Crippen LogP contribution in [0.4, 0.5) is 16.2 Å². The summed E-state index contributed by atoms with van der Waals surface area (Å²) in [4.78, 5) is 38.5. The standard InChI is InChI=1S/C24H30N4O3/c1-16-7-4-10-21(13-16)27-24(31)28-12-6-9-20(15-28)23(30)25-17(2)19-8-5-11-22(14-19)26-18(3)29/h4-5,7-8,10-11,13-14,17,20H,6,9,12,15H2,1-3H3,(H,25,30)(H,26,29)(H,27,31). The molecule has 1 heterocycles. The first-order valence-corrected chi connectivity index (χ1v) is 10.6. The zero-order chi connectivity index (χ0) is 22.4. The summed E-state index contributed by atoms with van der Waals surface area (Å²) in [5.74, 6) is -0.455. The van der Waals surface area contributed by atoms with E-state index in [2.05, 4.69) is 16.0 Å². The van der Waals surface area contributed by atoms with Crippen molar-refractivity contribution in [1.29, 1.82) is 0 Å². The lowest BCUT2D eigenvalue weighted by Gasteiger charge is -2.32. The van der Waals surface area contributed by atoms with Gasteiger partial charge in [-0.25, -0.2) is 4.79 Å². The van der Waals surface area contributed by atoms with Crippen molar-refractivity contribution in [3.63, 3.8) is 0 Å². The Kier molecular flexibility index (Phi) is 7.28. The molecule has 0 radical (unpaired) electrons. The third kappa shape index (κ3) is 6.31. The summed E-state index contributed by atoms with van der Waals surface area (Å²) in [5.41, 5.74) is 3.43. The number of anilines is 2. The first kappa shape index (κ1) is 22.3. The number of nitrogens with one attached hydrogen (secondary N) is 3. The Balaban J connectivity index is 1.57. The van der Waals surface area contributed by atoms with Crippen LogP contribution in [0.25, 0.3) is 0 Å². The Hall–Kier alpha value is -3.35. The fourth-order valence-corrected chi connectivity index (χ4v) is 3.80. The fraction of sp³-hybridized carbons (Fsp3) is 0.375. The number of likely N-dealkylation sites (tertiary alicyclic amines) is 1. The van der Waals surface area contributed by atoms with Crippen molar-refractivity contribution in [2.75, 3.05) is 23.7 Å². The van der Waals surface area contributed by atoms with Gasteiger partial charge in [0.1, 0.15) is 0 Å². The van der Waals surface area contributed by atoms with E-state index in [1.165, 1.54) is 6.92 Å². The van der Waals surface area contributed by atoms with Crippen LogP contribution in [0.3, 0.4) is 0 Å². The Morgan fingerprint density at radius 2 is 1.74 bits per heavy atom. The Morgan fingerprint density at radius 3 is 2.45 bits per heavy atom. The van der Waals surface area contributed by atoms with E-state index in [4.69, 9.17) is 0 Å². The summed E-state index contributed by atoms with van der Waals surface area (Å²) in [5, 5.41) is 8.73. The molecule has 2 atom stereocenters. The van der Waals surface area contributed by atoms with Crippen molar-refractivity contribution in [1.82, 2.24) is 10.2 Å².